The van der Waals surface area contributed by atoms with Gasteiger partial charge in [0.15, 0.2) is 0 Å². The minimum atomic E-state index is -0.581. The van der Waals surface area contributed by atoms with E-state index >= 15 is 0 Å². The molecule has 0 saturated heterocycles. The Kier molecular flexibility index (Phi) is 3.57. The smallest absolute Gasteiger partial charge is 0.253 e. The monoisotopic (exact) mass is 244 g/mol. The molecule has 0 unspecified atom stereocenters. The molecule has 2 aromatic carbocycles. The zero-order chi connectivity index (χ0) is 13.0. The normalized spacial score (nSPS) is 10.1. The molecule has 0 radical (unpaired) electrons. The van der Waals surface area contributed by atoms with Crippen molar-refractivity contribution in [2.75, 3.05) is 5.73 Å². The number of hydrogen-bond acceptors (Lipinski definition) is 2. The quantitative estimate of drug-likeness (QED) is 0.814. The van der Waals surface area contributed by atoms with Gasteiger partial charge in [-0.1, -0.05) is 36.4 Å². The van der Waals surface area contributed by atoms with E-state index in [9.17, 15) is 9.18 Å². The number of carbonyl (C=O) groups is 1. The number of benzene rings is 2. The first-order valence-electron chi connectivity index (χ1n) is 5.54. The molecule has 0 bridgehead atoms. The molecule has 0 aliphatic heterocycles. The fourth-order valence-corrected chi connectivity index (χ4v) is 1.61. The third-order valence-electron chi connectivity index (χ3n) is 2.59. The zero-order valence-electron chi connectivity index (χ0n) is 9.69. The van der Waals surface area contributed by atoms with Gasteiger partial charge < -0.3 is 11.1 Å². The number of nitrogens with one attached hydrogen (secondary N) is 1. The van der Waals surface area contributed by atoms with Gasteiger partial charge in [0.05, 0.1) is 11.3 Å². The molecule has 0 saturated carbocycles. The van der Waals surface area contributed by atoms with Crippen molar-refractivity contribution >= 4 is 11.6 Å². The summed E-state index contributed by atoms with van der Waals surface area (Å²) in [7, 11) is 0. The van der Waals surface area contributed by atoms with E-state index in [-0.39, 0.29) is 17.2 Å². The Hall–Kier alpha value is -2.36. The Morgan fingerprint density at radius 1 is 1.11 bits per heavy atom. The number of anilines is 1. The molecule has 3 nitrogen and oxygen atoms in total. The van der Waals surface area contributed by atoms with Crippen molar-refractivity contribution in [3.8, 4) is 0 Å². The van der Waals surface area contributed by atoms with Crippen molar-refractivity contribution in [3.63, 3.8) is 0 Å². The van der Waals surface area contributed by atoms with Gasteiger partial charge in [0.25, 0.3) is 5.91 Å². The van der Waals surface area contributed by atoms with Crippen LogP contribution in [0.15, 0.2) is 48.5 Å². The standard InChI is InChI=1S/C14H13FN2O/c15-12-8-4-7-11(13(12)16)14(18)17-9-10-5-2-1-3-6-10/h1-8H,9,16H2,(H,17,18). The number of halogens is 1. The van der Waals surface area contributed by atoms with Crippen molar-refractivity contribution < 1.29 is 9.18 Å². The van der Waals surface area contributed by atoms with E-state index in [1.54, 1.807) is 0 Å². The van der Waals surface area contributed by atoms with Crippen LogP contribution >= 0.6 is 0 Å². The van der Waals surface area contributed by atoms with E-state index in [0.717, 1.165) is 5.56 Å². The van der Waals surface area contributed by atoms with Crippen LogP contribution in [0, 0.1) is 5.82 Å². The molecule has 0 heterocycles. The summed E-state index contributed by atoms with van der Waals surface area (Å²) in [6, 6.07) is 13.7. The molecule has 0 aromatic heterocycles. The Morgan fingerprint density at radius 3 is 2.56 bits per heavy atom. The third kappa shape index (κ3) is 2.66. The average molecular weight is 244 g/mol. The molecule has 4 heteroatoms. The Balaban J connectivity index is 2.07. The van der Waals surface area contributed by atoms with E-state index in [2.05, 4.69) is 5.32 Å². The summed E-state index contributed by atoms with van der Waals surface area (Å²) in [6.45, 7) is 0.385. The van der Waals surface area contributed by atoms with Crippen LogP contribution in [-0.4, -0.2) is 5.91 Å². The topological polar surface area (TPSA) is 55.1 Å². The van der Waals surface area contributed by atoms with Crippen molar-refractivity contribution in [1.82, 2.24) is 5.32 Å². The van der Waals surface area contributed by atoms with Crippen LogP contribution in [0.25, 0.3) is 0 Å². The van der Waals surface area contributed by atoms with Gasteiger partial charge in [-0.15, -0.1) is 0 Å². The van der Waals surface area contributed by atoms with Gasteiger partial charge in [-0.2, -0.15) is 0 Å². The summed E-state index contributed by atoms with van der Waals surface area (Å²) in [6.07, 6.45) is 0. The molecule has 0 aliphatic carbocycles. The van der Waals surface area contributed by atoms with E-state index < -0.39 is 5.82 Å². The van der Waals surface area contributed by atoms with Crippen LogP contribution in [0.1, 0.15) is 15.9 Å². The summed E-state index contributed by atoms with van der Waals surface area (Å²) in [4.78, 5) is 11.8. The highest BCUT2D eigenvalue weighted by atomic mass is 19.1. The Bertz CT molecular complexity index is 555. The molecule has 2 aromatic rings. The van der Waals surface area contributed by atoms with Gasteiger partial charge in [-0.25, -0.2) is 4.39 Å². The highest BCUT2D eigenvalue weighted by Crippen LogP contribution is 2.15. The average Bonchev–Trinajstić information content (AvgIpc) is 2.40. The van der Waals surface area contributed by atoms with Crippen LogP contribution in [0.5, 0.6) is 0 Å². The predicted octanol–water partition coefficient (Wildman–Crippen LogP) is 2.34. The van der Waals surface area contributed by atoms with Crippen LogP contribution in [0.2, 0.25) is 0 Å². The maximum Gasteiger partial charge on any atom is 0.253 e. The molecule has 0 atom stereocenters. The molecule has 92 valence electrons. The lowest BCUT2D eigenvalue weighted by atomic mass is 10.1. The fourth-order valence-electron chi connectivity index (χ4n) is 1.61. The first-order chi connectivity index (χ1) is 8.68. The zero-order valence-corrected chi connectivity index (χ0v) is 9.69. The molecule has 3 N–H and O–H groups in total. The van der Waals surface area contributed by atoms with Crippen molar-refractivity contribution in [3.05, 3.63) is 65.5 Å². The minimum Gasteiger partial charge on any atom is -0.396 e. The number of carbonyl (C=O) groups excluding carboxylic acids is 1. The largest absolute Gasteiger partial charge is 0.396 e. The number of amides is 1. The van der Waals surface area contributed by atoms with E-state index in [1.165, 1.54) is 18.2 Å². The summed E-state index contributed by atoms with van der Waals surface area (Å²) in [5.74, 6) is -0.960. The first kappa shape index (κ1) is 12.1. The molecule has 0 spiro atoms. The van der Waals surface area contributed by atoms with Gasteiger partial charge in [0.2, 0.25) is 0 Å². The molecule has 0 aliphatic rings. The van der Waals surface area contributed by atoms with Crippen LogP contribution < -0.4 is 11.1 Å². The highest BCUT2D eigenvalue weighted by Gasteiger charge is 2.11. The number of rotatable bonds is 3. The molecule has 0 fully saturated rings. The van der Waals surface area contributed by atoms with Gasteiger partial charge in [0, 0.05) is 6.54 Å². The molecule has 1 amide bonds. The van der Waals surface area contributed by atoms with Gasteiger partial charge in [0.1, 0.15) is 5.82 Å². The molecule has 2 rings (SSSR count). The van der Waals surface area contributed by atoms with Crippen molar-refractivity contribution in [2.24, 2.45) is 0 Å². The summed E-state index contributed by atoms with van der Waals surface area (Å²) in [5.41, 5.74) is 6.53. The Morgan fingerprint density at radius 2 is 1.83 bits per heavy atom. The summed E-state index contributed by atoms with van der Waals surface area (Å²) < 4.78 is 13.2. The third-order valence-corrected chi connectivity index (χ3v) is 2.59. The second-order valence-corrected chi connectivity index (χ2v) is 3.87. The van der Waals surface area contributed by atoms with E-state index in [1.807, 2.05) is 30.3 Å². The lowest BCUT2D eigenvalue weighted by Gasteiger charge is -2.08. The number of hydrogen-bond donors (Lipinski definition) is 2. The fraction of sp³-hybridized carbons (Fsp3) is 0.0714. The number of nitrogen functional groups attached to an aromatic ring is 1. The van der Waals surface area contributed by atoms with Gasteiger partial charge in [-0.3, -0.25) is 4.79 Å². The van der Waals surface area contributed by atoms with Gasteiger partial charge >= 0.3 is 0 Å². The lowest BCUT2D eigenvalue weighted by molar-refractivity contribution is 0.0951. The second kappa shape index (κ2) is 5.31. The maximum atomic E-state index is 13.2. The number of nitrogens with two attached hydrogens (primary N) is 1. The second-order valence-electron chi connectivity index (χ2n) is 3.87. The van der Waals surface area contributed by atoms with E-state index in [4.69, 9.17) is 5.73 Å². The summed E-state index contributed by atoms with van der Waals surface area (Å²) >= 11 is 0. The van der Waals surface area contributed by atoms with Crippen molar-refractivity contribution in [2.45, 2.75) is 6.54 Å². The predicted molar refractivity (Wildman–Crippen MR) is 68.4 cm³/mol. The van der Waals surface area contributed by atoms with Gasteiger partial charge in [-0.05, 0) is 17.7 Å². The minimum absolute atomic E-state index is 0.122. The Labute approximate surface area is 104 Å². The SMILES string of the molecule is Nc1c(F)cccc1C(=O)NCc1ccccc1. The van der Waals surface area contributed by atoms with Crippen LogP contribution in [0.3, 0.4) is 0 Å². The number of para-hydroxylation sites is 1. The summed E-state index contributed by atoms with van der Waals surface area (Å²) in [5, 5.41) is 2.70. The highest BCUT2D eigenvalue weighted by molar-refractivity contribution is 5.99. The van der Waals surface area contributed by atoms with E-state index in [0.29, 0.717) is 6.54 Å². The molecular formula is C14H13FN2O. The first-order valence-corrected chi connectivity index (χ1v) is 5.54. The molecule has 18 heavy (non-hydrogen) atoms. The lowest BCUT2D eigenvalue weighted by Crippen LogP contribution is -2.24. The maximum absolute atomic E-state index is 13.2. The van der Waals surface area contributed by atoms with Crippen LogP contribution in [0.4, 0.5) is 10.1 Å². The van der Waals surface area contributed by atoms with Crippen LogP contribution in [-0.2, 0) is 6.54 Å². The van der Waals surface area contributed by atoms with Crippen molar-refractivity contribution in [1.29, 1.82) is 0 Å². The molecular weight excluding hydrogens is 231 g/mol.